The van der Waals surface area contributed by atoms with E-state index in [2.05, 4.69) is 0 Å². The van der Waals surface area contributed by atoms with E-state index in [1.807, 2.05) is 13.8 Å². The molecule has 0 aromatic heterocycles. The lowest BCUT2D eigenvalue weighted by Gasteiger charge is -2.11. The molecule has 0 aliphatic carbocycles. The van der Waals surface area contributed by atoms with E-state index in [0.29, 0.717) is 19.3 Å². The SMILES string of the molecule is CCCC(O)COC(=O)CCCC(=O)OCC(O)CCC. The zero-order valence-corrected chi connectivity index (χ0v) is 13.0. The molecule has 0 amide bonds. The zero-order valence-electron chi connectivity index (χ0n) is 13.0. The van der Waals surface area contributed by atoms with Gasteiger partial charge in [-0.15, -0.1) is 0 Å². The van der Waals surface area contributed by atoms with Crippen LogP contribution in [0.15, 0.2) is 0 Å². The molecule has 0 saturated carbocycles. The first kappa shape index (κ1) is 19.9. The van der Waals surface area contributed by atoms with Crippen LogP contribution in [0.5, 0.6) is 0 Å². The number of hydrogen-bond donors (Lipinski definition) is 2. The first-order chi connectivity index (χ1) is 9.99. The highest BCUT2D eigenvalue weighted by atomic mass is 16.5. The zero-order chi connectivity index (χ0) is 16.1. The van der Waals surface area contributed by atoms with E-state index in [9.17, 15) is 19.8 Å². The van der Waals surface area contributed by atoms with Gasteiger partial charge in [0.2, 0.25) is 0 Å². The van der Waals surface area contributed by atoms with E-state index in [-0.39, 0.29) is 26.1 Å². The van der Waals surface area contributed by atoms with Crippen LogP contribution in [-0.4, -0.2) is 47.6 Å². The first-order valence-electron chi connectivity index (χ1n) is 7.66. The summed E-state index contributed by atoms with van der Waals surface area (Å²) in [6.07, 6.45) is 2.18. The summed E-state index contributed by atoms with van der Waals surface area (Å²) in [5.74, 6) is -0.854. The third-order valence-corrected chi connectivity index (χ3v) is 2.88. The van der Waals surface area contributed by atoms with E-state index in [0.717, 1.165) is 12.8 Å². The summed E-state index contributed by atoms with van der Waals surface area (Å²) >= 11 is 0. The number of esters is 2. The van der Waals surface area contributed by atoms with Crippen LogP contribution in [-0.2, 0) is 19.1 Å². The number of aliphatic hydroxyl groups is 2. The molecule has 2 atom stereocenters. The monoisotopic (exact) mass is 304 g/mol. The van der Waals surface area contributed by atoms with Crippen molar-refractivity contribution in [1.29, 1.82) is 0 Å². The van der Waals surface area contributed by atoms with E-state index in [1.54, 1.807) is 0 Å². The van der Waals surface area contributed by atoms with Crippen molar-refractivity contribution >= 4 is 11.9 Å². The van der Waals surface area contributed by atoms with E-state index in [4.69, 9.17) is 9.47 Å². The molecular formula is C15H28O6. The molecule has 0 aliphatic heterocycles. The van der Waals surface area contributed by atoms with Crippen molar-refractivity contribution in [2.75, 3.05) is 13.2 Å². The Hall–Kier alpha value is -1.14. The Bertz CT molecular complexity index is 264. The topological polar surface area (TPSA) is 93.1 Å². The fourth-order valence-corrected chi connectivity index (χ4v) is 1.73. The summed E-state index contributed by atoms with van der Waals surface area (Å²) in [5, 5.41) is 18.8. The highest BCUT2D eigenvalue weighted by Gasteiger charge is 2.11. The molecule has 0 aliphatic rings. The van der Waals surface area contributed by atoms with Crippen LogP contribution in [0.3, 0.4) is 0 Å². The average Bonchev–Trinajstić information content (AvgIpc) is 2.43. The summed E-state index contributed by atoms with van der Waals surface area (Å²) in [6.45, 7) is 3.88. The van der Waals surface area contributed by atoms with Crippen LogP contribution in [0.4, 0.5) is 0 Å². The maximum Gasteiger partial charge on any atom is 0.305 e. The maximum absolute atomic E-state index is 11.4. The third kappa shape index (κ3) is 12.3. The lowest BCUT2D eigenvalue weighted by molar-refractivity contribution is -0.148. The summed E-state index contributed by atoms with van der Waals surface area (Å²) in [7, 11) is 0. The van der Waals surface area contributed by atoms with Crippen LogP contribution >= 0.6 is 0 Å². The second-order valence-electron chi connectivity index (χ2n) is 5.10. The standard InChI is InChI=1S/C15H28O6/c1-3-6-12(16)10-20-14(18)8-5-9-15(19)21-11-13(17)7-4-2/h12-13,16-17H,3-11H2,1-2H3. The van der Waals surface area contributed by atoms with E-state index < -0.39 is 24.1 Å². The van der Waals surface area contributed by atoms with Gasteiger partial charge >= 0.3 is 11.9 Å². The molecule has 0 fully saturated rings. The van der Waals surface area contributed by atoms with Gasteiger partial charge in [0.25, 0.3) is 0 Å². The lowest BCUT2D eigenvalue weighted by atomic mass is 10.2. The summed E-state index contributed by atoms with van der Waals surface area (Å²) in [4.78, 5) is 22.7. The molecule has 2 N–H and O–H groups in total. The van der Waals surface area contributed by atoms with Crippen molar-refractivity contribution in [3.8, 4) is 0 Å². The molecule has 0 bridgehead atoms. The number of ether oxygens (including phenoxy) is 2. The number of aliphatic hydroxyl groups excluding tert-OH is 2. The smallest absolute Gasteiger partial charge is 0.305 e. The van der Waals surface area contributed by atoms with Crippen LogP contribution in [0.25, 0.3) is 0 Å². The predicted octanol–water partition coefficient (Wildman–Crippen LogP) is 1.57. The summed E-state index contributed by atoms with van der Waals surface area (Å²) in [5.41, 5.74) is 0. The van der Waals surface area contributed by atoms with Crippen molar-refractivity contribution in [3.05, 3.63) is 0 Å². The summed E-state index contributed by atoms with van der Waals surface area (Å²) in [6, 6.07) is 0. The quantitative estimate of drug-likeness (QED) is 0.532. The Labute approximate surface area is 126 Å². The van der Waals surface area contributed by atoms with Crippen LogP contribution < -0.4 is 0 Å². The molecule has 0 saturated heterocycles. The molecule has 124 valence electrons. The van der Waals surface area contributed by atoms with Gasteiger partial charge in [0.15, 0.2) is 0 Å². The lowest BCUT2D eigenvalue weighted by Crippen LogP contribution is -2.19. The Kier molecular flexibility index (Phi) is 11.9. The minimum absolute atomic E-state index is 0.000327. The Balaban J connectivity index is 3.59. The van der Waals surface area contributed by atoms with Crippen LogP contribution in [0.2, 0.25) is 0 Å². The molecule has 0 heterocycles. The van der Waals surface area contributed by atoms with Crippen molar-refractivity contribution in [1.82, 2.24) is 0 Å². The van der Waals surface area contributed by atoms with Gasteiger partial charge in [-0.3, -0.25) is 9.59 Å². The number of carbonyl (C=O) groups excluding carboxylic acids is 2. The fraction of sp³-hybridized carbons (Fsp3) is 0.867. The fourth-order valence-electron chi connectivity index (χ4n) is 1.73. The molecule has 21 heavy (non-hydrogen) atoms. The summed E-state index contributed by atoms with van der Waals surface area (Å²) < 4.78 is 9.77. The van der Waals surface area contributed by atoms with Crippen molar-refractivity contribution in [3.63, 3.8) is 0 Å². The largest absolute Gasteiger partial charge is 0.463 e. The molecule has 0 aromatic carbocycles. The minimum atomic E-state index is -0.621. The highest BCUT2D eigenvalue weighted by molar-refractivity contribution is 5.72. The normalized spacial score (nSPS) is 13.5. The number of rotatable bonds is 12. The number of hydrogen-bond acceptors (Lipinski definition) is 6. The van der Waals surface area contributed by atoms with E-state index in [1.165, 1.54) is 0 Å². The van der Waals surface area contributed by atoms with Gasteiger partial charge < -0.3 is 19.7 Å². The van der Waals surface area contributed by atoms with Gasteiger partial charge in [0, 0.05) is 12.8 Å². The van der Waals surface area contributed by atoms with Gasteiger partial charge in [-0.25, -0.2) is 0 Å². The van der Waals surface area contributed by atoms with Gasteiger partial charge in [0.05, 0.1) is 12.2 Å². The molecule has 0 aromatic rings. The van der Waals surface area contributed by atoms with Crippen LogP contribution in [0, 0.1) is 0 Å². The molecule has 6 nitrogen and oxygen atoms in total. The van der Waals surface area contributed by atoms with E-state index >= 15 is 0 Å². The van der Waals surface area contributed by atoms with Gasteiger partial charge in [0.1, 0.15) is 13.2 Å². The van der Waals surface area contributed by atoms with Gasteiger partial charge in [-0.05, 0) is 19.3 Å². The van der Waals surface area contributed by atoms with Crippen LogP contribution in [0.1, 0.15) is 58.8 Å². The average molecular weight is 304 g/mol. The Morgan fingerprint density at radius 3 is 1.57 bits per heavy atom. The molecule has 6 heteroatoms. The minimum Gasteiger partial charge on any atom is -0.463 e. The number of carbonyl (C=O) groups is 2. The molecule has 0 spiro atoms. The van der Waals surface area contributed by atoms with Gasteiger partial charge in [-0.1, -0.05) is 26.7 Å². The first-order valence-corrected chi connectivity index (χ1v) is 7.66. The third-order valence-electron chi connectivity index (χ3n) is 2.88. The molecule has 0 rings (SSSR count). The Morgan fingerprint density at radius 1 is 0.857 bits per heavy atom. The molecule has 2 unspecified atom stereocenters. The van der Waals surface area contributed by atoms with Crippen molar-refractivity contribution < 1.29 is 29.3 Å². The molecular weight excluding hydrogens is 276 g/mol. The van der Waals surface area contributed by atoms with Gasteiger partial charge in [-0.2, -0.15) is 0 Å². The second-order valence-corrected chi connectivity index (χ2v) is 5.10. The highest BCUT2D eigenvalue weighted by Crippen LogP contribution is 2.03. The Morgan fingerprint density at radius 2 is 1.24 bits per heavy atom. The molecule has 0 radical (unpaired) electrons. The van der Waals surface area contributed by atoms with Crippen molar-refractivity contribution in [2.45, 2.75) is 71.0 Å². The predicted molar refractivity (Wildman–Crippen MR) is 77.6 cm³/mol. The van der Waals surface area contributed by atoms with Crippen molar-refractivity contribution in [2.24, 2.45) is 0 Å². The maximum atomic E-state index is 11.4. The second kappa shape index (κ2) is 12.6.